The lowest BCUT2D eigenvalue weighted by molar-refractivity contribution is 0.583. The maximum Gasteiger partial charge on any atom is 0.147 e. The quantitative estimate of drug-likeness (QED) is 0.648. The van der Waals surface area contributed by atoms with E-state index in [1.165, 1.54) is 0 Å². The molecule has 10 heavy (non-hydrogen) atoms. The van der Waals surface area contributed by atoms with Gasteiger partial charge in [-0.2, -0.15) is 0 Å². The molecular weight excluding hydrogens is 146 g/mol. The van der Waals surface area contributed by atoms with E-state index in [0.29, 0.717) is 0 Å². The molecule has 1 aromatic rings. The molecule has 1 aromatic heterocycles. The summed E-state index contributed by atoms with van der Waals surface area (Å²) in [6.07, 6.45) is 0.874. The first-order chi connectivity index (χ1) is 4.79. The lowest BCUT2D eigenvalue weighted by atomic mass is 10.4. The largest absolute Gasteiger partial charge is 0.234 e. The molecule has 0 atom stereocenters. The van der Waals surface area contributed by atoms with Gasteiger partial charge in [0.05, 0.1) is 0 Å². The van der Waals surface area contributed by atoms with E-state index in [0.717, 1.165) is 23.7 Å². The van der Waals surface area contributed by atoms with Crippen LogP contribution in [0.25, 0.3) is 0 Å². The van der Waals surface area contributed by atoms with Crippen LogP contribution in [-0.4, -0.2) is 15.0 Å². The van der Waals surface area contributed by atoms with Gasteiger partial charge in [-0.25, -0.2) is 4.68 Å². The van der Waals surface area contributed by atoms with Gasteiger partial charge in [0.1, 0.15) is 10.7 Å². The van der Waals surface area contributed by atoms with Crippen LogP contribution in [0, 0.1) is 0 Å². The van der Waals surface area contributed by atoms with Crippen LogP contribution in [0.15, 0.2) is 5.03 Å². The van der Waals surface area contributed by atoms with E-state index in [2.05, 4.69) is 10.3 Å². The Balaban J connectivity index is 2.97. The van der Waals surface area contributed by atoms with Crippen molar-refractivity contribution in [2.24, 2.45) is 0 Å². The summed E-state index contributed by atoms with van der Waals surface area (Å²) in [5.74, 6) is 0. The molecule has 0 aliphatic carbocycles. The topological polar surface area (TPSA) is 30.7 Å². The van der Waals surface area contributed by atoms with Gasteiger partial charge >= 0.3 is 0 Å². The monoisotopic (exact) mass is 156 g/mol. The minimum absolute atomic E-state index is 0.782. The zero-order chi connectivity index (χ0) is 7.56. The molecule has 0 spiro atoms. The van der Waals surface area contributed by atoms with Gasteiger partial charge in [-0.05, 0) is 13.3 Å². The fourth-order valence-electron chi connectivity index (χ4n) is 0.769. The highest BCUT2D eigenvalue weighted by atomic mass is 32.1. The van der Waals surface area contributed by atoms with Gasteiger partial charge in [-0.1, -0.05) is 24.8 Å². The zero-order valence-electron chi connectivity index (χ0n) is 6.16. The predicted molar refractivity (Wildman–Crippen MR) is 40.9 cm³/mol. The number of aromatic nitrogens is 3. The highest BCUT2D eigenvalue weighted by molar-refractivity contribution is 7.80. The third kappa shape index (κ3) is 1.11. The second-order valence-electron chi connectivity index (χ2n) is 2.01. The van der Waals surface area contributed by atoms with Crippen molar-refractivity contribution in [1.82, 2.24) is 15.0 Å². The Labute approximate surface area is 65.8 Å². The second kappa shape index (κ2) is 2.96. The van der Waals surface area contributed by atoms with Crippen LogP contribution in [0.1, 0.15) is 19.5 Å². The molecule has 1 heterocycles. The molecule has 55 valence electrons. The Morgan fingerprint density at radius 3 is 2.50 bits per heavy atom. The molecule has 0 saturated heterocycles. The average Bonchev–Trinajstić information content (AvgIpc) is 2.30. The van der Waals surface area contributed by atoms with E-state index in [-0.39, 0.29) is 0 Å². The fraction of sp³-hybridized carbons (Fsp3) is 0.667. The van der Waals surface area contributed by atoms with E-state index in [1.807, 2.05) is 13.8 Å². The number of hydrogen-bond acceptors (Lipinski definition) is 2. The molecule has 0 saturated carbocycles. The summed E-state index contributed by atoms with van der Waals surface area (Å²) in [4.78, 5) is 0. The Hall–Kier alpha value is -0.640. The first-order valence-electron chi connectivity index (χ1n) is 3.39. The third-order valence-electron chi connectivity index (χ3n) is 1.39. The summed E-state index contributed by atoms with van der Waals surface area (Å²) in [5.41, 5.74) is 0.928. The summed E-state index contributed by atoms with van der Waals surface area (Å²) in [6.45, 7) is 4.84. The molecule has 1 radical (unpaired) electrons. The van der Waals surface area contributed by atoms with Crippen LogP contribution in [0.5, 0.6) is 0 Å². The number of hydrogen-bond donors (Lipinski definition) is 0. The molecule has 0 amide bonds. The van der Waals surface area contributed by atoms with Crippen LogP contribution in [0.3, 0.4) is 0 Å². The van der Waals surface area contributed by atoms with E-state index in [1.54, 1.807) is 4.68 Å². The Morgan fingerprint density at radius 1 is 1.50 bits per heavy atom. The minimum Gasteiger partial charge on any atom is -0.234 e. The van der Waals surface area contributed by atoms with Crippen molar-refractivity contribution in [2.45, 2.75) is 31.8 Å². The predicted octanol–water partition coefficient (Wildman–Crippen LogP) is 1.42. The van der Waals surface area contributed by atoms with Gasteiger partial charge in [-0.3, -0.25) is 0 Å². The molecule has 3 nitrogen and oxygen atoms in total. The first kappa shape index (κ1) is 7.47. The van der Waals surface area contributed by atoms with Crippen LogP contribution >= 0.6 is 12.6 Å². The maximum atomic E-state index is 5.06. The summed E-state index contributed by atoms with van der Waals surface area (Å²) in [6, 6.07) is 0. The molecule has 0 fully saturated rings. The number of rotatable bonds is 2. The second-order valence-corrected chi connectivity index (χ2v) is 2.40. The molecular formula is C6H10N3S. The van der Waals surface area contributed by atoms with Gasteiger partial charge in [-0.15, -0.1) is 5.10 Å². The van der Waals surface area contributed by atoms with Gasteiger partial charge in [0.15, 0.2) is 0 Å². The van der Waals surface area contributed by atoms with Crippen molar-refractivity contribution in [2.75, 3.05) is 0 Å². The maximum absolute atomic E-state index is 5.06. The van der Waals surface area contributed by atoms with Crippen molar-refractivity contribution >= 4 is 12.6 Å². The van der Waals surface area contributed by atoms with Crippen molar-refractivity contribution < 1.29 is 0 Å². The zero-order valence-corrected chi connectivity index (χ0v) is 6.98. The Morgan fingerprint density at radius 2 is 2.20 bits per heavy atom. The summed E-state index contributed by atoms with van der Waals surface area (Å²) in [5, 5.41) is 8.56. The van der Waals surface area contributed by atoms with Crippen molar-refractivity contribution in [3.8, 4) is 0 Å². The normalized spacial score (nSPS) is 10.2. The SMILES string of the molecule is CCc1nnn(CC)c1[S]. The molecule has 0 aliphatic heterocycles. The highest BCUT2D eigenvalue weighted by Crippen LogP contribution is 2.09. The fourth-order valence-corrected chi connectivity index (χ4v) is 1.12. The Kier molecular flexibility index (Phi) is 2.21. The van der Waals surface area contributed by atoms with Crippen molar-refractivity contribution in [1.29, 1.82) is 0 Å². The van der Waals surface area contributed by atoms with Crippen LogP contribution in [0.2, 0.25) is 0 Å². The lowest BCUT2D eigenvalue weighted by Crippen LogP contribution is -1.96. The minimum atomic E-state index is 0.782. The van der Waals surface area contributed by atoms with Crippen molar-refractivity contribution in [3.05, 3.63) is 5.69 Å². The van der Waals surface area contributed by atoms with E-state index >= 15 is 0 Å². The smallest absolute Gasteiger partial charge is 0.147 e. The Bertz CT molecular complexity index is 197. The highest BCUT2D eigenvalue weighted by Gasteiger charge is 2.05. The summed E-state index contributed by atoms with van der Waals surface area (Å²) in [7, 11) is 0. The van der Waals surface area contributed by atoms with Crippen LogP contribution in [-0.2, 0) is 13.0 Å². The average molecular weight is 156 g/mol. The molecule has 0 bridgehead atoms. The molecule has 1 rings (SSSR count). The lowest BCUT2D eigenvalue weighted by Gasteiger charge is -1.93. The standard InChI is InChI=1S/C6H10N3S/c1-3-5-6(10)9(4-2)8-7-5/h3-4H2,1-2H3. The number of nitrogens with zero attached hydrogens (tertiary/aromatic N) is 3. The van der Waals surface area contributed by atoms with Gasteiger partial charge in [0.25, 0.3) is 0 Å². The van der Waals surface area contributed by atoms with E-state index in [9.17, 15) is 0 Å². The molecule has 0 unspecified atom stereocenters. The first-order valence-corrected chi connectivity index (χ1v) is 3.79. The molecule has 0 N–H and O–H groups in total. The van der Waals surface area contributed by atoms with E-state index < -0.39 is 0 Å². The number of aryl methyl sites for hydroxylation is 2. The summed E-state index contributed by atoms with van der Waals surface area (Å²) >= 11 is 5.06. The molecule has 0 aromatic carbocycles. The van der Waals surface area contributed by atoms with Crippen molar-refractivity contribution in [3.63, 3.8) is 0 Å². The van der Waals surface area contributed by atoms with Gasteiger partial charge < -0.3 is 0 Å². The van der Waals surface area contributed by atoms with E-state index in [4.69, 9.17) is 12.6 Å². The third-order valence-corrected chi connectivity index (χ3v) is 1.84. The molecule has 4 heteroatoms. The van der Waals surface area contributed by atoms with Gasteiger partial charge in [0, 0.05) is 6.54 Å². The van der Waals surface area contributed by atoms with Crippen LogP contribution in [0.4, 0.5) is 0 Å². The van der Waals surface area contributed by atoms with Crippen LogP contribution < -0.4 is 0 Å². The van der Waals surface area contributed by atoms with Gasteiger partial charge in [0.2, 0.25) is 0 Å². The molecule has 0 aliphatic rings. The summed E-state index contributed by atoms with van der Waals surface area (Å²) < 4.78 is 1.73.